The van der Waals surface area contributed by atoms with Gasteiger partial charge in [0.15, 0.2) is 0 Å². The minimum atomic E-state index is -4.61. The Morgan fingerprint density at radius 3 is 1.25 bits per heavy atom. The van der Waals surface area contributed by atoms with Crippen molar-refractivity contribution >= 4 is 19.8 Å². The maximum Gasteiger partial charge on any atom is 0.472 e. The van der Waals surface area contributed by atoms with Crippen LogP contribution in [0.2, 0.25) is 0 Å². The molecule has 0 saturated carbocycles. The number of esters is 1. The van der Waals surface area contributed by atoms with Crippen LogP contribution in [0, 0.1) is 0 Å². The van der Waals surface area contributed by atoms with E-state index in [4.69, 9.17) is 29.4 Å². The average Bonchev–Trinajstić information content (AvgIpc) is 3.13. The van der Waals surface area contributed by atoms with Gasteiger partial charge in [-0.05, 0) is 12.8 Å². The molecule has 0 spiro atoms. The maximum atomic E-state index is 12.6. The Balaban J connectivity index is 4.18. The molecule has 0 heterocycles. The number of carbonyl (C=O) groups excluding carboxylic acids is 1. The third-order valence-corrected chi connectivity index (χ3v) is 10.8. The van der Waals surface area contributed by atoms with Crippen LogP contribution in [0.5, 0.6) is 0 Å². The highest BCUT2D eigenvalue weighted by atomic mass is 31.2. The number of hydrogen-bond donors (Lipinski definition) is 3. The van der Waals surface area contributed by atoms with E-state index in [1.165, 1.54) is 161 Å². The molecule has 0 aromatic carbocycles. The molecular weight excluding hydrogens is 693 g/mol. The van der Waals surface area contributed by atoms with Crippen LogP contribution in [0.3, 0.4) is 0 Å². The van der Waals surface area contributed by atoms with Gasteiger partial charge >= 0.3 is 19.8 Å². The third-order valence-electron chi connectivity index (χ3n) is 9.89. The molecule has 10 nitrogen and oxygen atoms in total. The van der Waals surface area contributed by atoms with E-state index in [0.717, 1.165) is 38.5 Å². The number of rotatable bonds is 43. The first kappa shape index (κ1) is 52.0. The van der Waals surface area contributed by atoms with Crippen molar-refractivity contribution in [2.75, 3.05) is 26.4 Å². The predicted molar refractivity (Wildman–Crippen MR) is 217 cm³/mol. The monoisotopic (exact) mass is 778 g/mol. The van der Waals surface area contributed by atoms with Crippen LogP contribution >= 0.6 is 7.82 Å². The molecule has 3 atom stereocenters. The standard InChI is InChI=1S/C42H84NO9P/c1-3-5-7-9-11-13-15-17-19-20-21-22-24-26-28-30-32-34-41(44)52-39(37-50-53(47,48)51-38-40(43)42(45)46)36-49-35-33-31-29-27-25-23-18-16-14-12-10-8-6-4-2/h39-40H,3-38,43H2,1-2H3,(H,45,46)(H,47,48). The number of nitrogens with two attached hydrogens (primary N) is 1. The SMILES string of the molecule is CCCCCCCCCCCCCCCCCCCC(=O)OC(COCCCCCCCCCCCCCCCC)COP(=O)(O)OCC(N)C(=O)O. The van der Waals surface area contributed by atoms with E-state index in [1.807, 2.05) is 0 Å². The van der Waals surface area contributed by atoms with E-state index < -0.39 is 45.1 Å². The summed E-state index contributed by atoms with van der Waals surface area (Å²) in [6, 6.07) is -1.47. The Morgan fingerprint density at radius 2 is 0.868 bits per heavy atom. The highest BCUT2D eigenvalue weighted by Gasteiger charge is 2.27. The number of phosphoric ester groups is 1. The molecule has 0 aliphatic heterocycles. The Kier molecular flexibility index (Phi) is 38.5. The van der Waals surface area contributed by atoms with Crippen LogP contribution in [0.15, 0.2) is 0 Å². The van der Waals surface area contributed by atoms with E-state index in [1.54, 1.807) is 0 Å². The van der Waals surface area contributed by atoms with E-state index >= 15 is 0 Å². The van der Waals surface area contributed by atoms with Gasteiger partial charge in [0.1, 0.15) is 12.1 Å². The van der Waals surface area contributed by atoms with Crippen molar-refractivity contribution in [1.29, 1.82) is 0 Å². The van der Waals surface area contributed by atoms with Crippen molar-refractivity contribution in [3.05, 3.63) is 0 Å². The number of carboxylic acids is 1. The summed E-state index contributed by atoms with van der Waals surface area (Å²) >= 11 is 0. The minimum Gasteiger partial charge on any atom is -0.480 e. The number of ether oxygens (including phenoxy) is 2. The fourth-order valence-electron chi connectivity index (χ4n) is 6.43. The van der Waals surface area contributed by atoms with Gasteiger partial charge in [-0.15, -0.1) is 0 Å². The van der Waals surface area contributed by atoms with Gasteiger partial charge in [-0.25, -0.2) is 4.57 Å². The largest absolute Gasteiger partial charge is 0.480 e. The maximum absolute atomic E-state index is 12.6. The Bertz CT molecular complexity index is 862. The average molecular weight is 778 g/mol. The van der Waals surface area contributed by atoms with Gasteiger partial charge in [-0.2, -0.15) is 0 Å². The number of hydrogen-bond acceptors (Lipinski definition) is 8. The molecule has 0 fully saturated rings. The zero-order valence-electron chi connectivity index (χ0n) is 34.4. The molecule has 3 unspecified atom stereocenters. The normalized spacial score (nSPS) is 13.9. The molecular formula is C42H84NO9P. The van der Waals surface area contributed by atoms with E-state index in [9.17, 15) is 19.0 Å². The molecule has 53 heavy (non-hydrogen) atoms. The molecule has 0 amide bonds. The van der Waals surface area contributed by atoms with Crippen molar-refractivity contribution in [3.8, 4) is 0 Å². The summed E-state index contributed by atoms with van der Waals surface area (Å²) in [6.07, 6.45) is 38.6. The molecule has 0 aliphatic carbocycles. The lowest BCUT2D eigenvalue weighted by Crippen LogP contribution is -2.34. The highest BCUT2D eigenvalue weighted by molar-refractivity contribution is 7.47. The fraction of sp³-hybridized carbons (Fsp3) is 0.952. The Labute approximate surface area is 325 Å². The summed E-state index contributed by atoms with van der Waals surface area (Å²) in [6.45, 7) is 3.93. The van der Waals surface area contributed by atoms with Crippen LogP contribution in [0.1, 0.15) is 219 Å². The number of carbonyl (C=O) groups is 2. The number of carboxylic acid groups (broad SMARTS) is 1. The zero-order valence-corrected chi connectivity index (χ0v) is 35.3. The Morgan fingerprint density at radius 1 is 0.528 bits per heavy atom. The molecule has 0 aliphatic rings. The van der Waals surface area contributed by atoms with Crippen molar-refractivity contribution < 1.29 is 42.7 Å². The first-order valence-electron chi connectivity index (χ1n) is 22.1. The molecule has 0 rings (SSSR count). The molecule has 11 heteroatoms. The molecule has 0 radical (unpaired) electrons. The second-order valence-corrected chi connectivity index (χ2v) is 16.6. The van der Waals surface area contributed by atoms with E-state index in [2.05, 4.69) is 13.8 Å². The number of aliphatic carboxylic acids is 1. The van der Waals surface area contributed by atoms with Crippen molar-refractivity contribution in [1.82, 2.24) is 0 Å². The lowest BCUT2D eigenvalue weighted by Gasteiger charge is -2.20. The van der Waals surface area contributed by atoms with Gasteiger partial charge in [-0.3, -0.25) is 18.6 Å². The first-order valence-corrected chi connectivity index (χ1v) is 23.6. The molecule has 4 N–H and O–H groups in total. The van der Waals surface area contributed by atoms with Gasteiger partial charge < -0.3 is 25.2 Å². The highest BCUT2D eigenvalue weighted by Crippen LogP contribution is 2.43. The molecule has 316 valence electrons. The summed E-state index contributed by atoms with van der Waals surface area (Å²) < 4.78 is 33.4. The summed E-state index contributed by atoms with van der Waals surface area (Å²) in [7, 11) is -4.61. The quantitative estimate of drug-likeness (QED) is 0.0309. The third kappa shape index (κ3) is 39.0. The van der Waals surface area contributed by atoms with Crippen molar-refractivity contribution in [3.63, 3.8) is 0 Å². The summed E-state index contributed by atoms with van der Waals surface area (Å²) in [5.74, 6) is -1.76. The topological polar surface area (TPSA) is 155 Å². The van der Waals surface area contributed by atoms with Crippen molar-refractivity contribution in [2.24, 2.45) is 5.73 Å². The lowest BCUT2D eigenvalue weighted by molar-refractivity contribution is -0.154. The molecule has 0 saturated heterocycles. The van der Waals surface area contributed by atoms with Gasteiger partial charge in [0.2, 0.25) is 0 Å². The number of phosphoric acid groups is 1. The fourth-order valence-corrected chi connectivity index (χ4v) is 7.21. The number of unbranched alkanes of at least 4 members (excludes halogenated alkanes) is 29. The van der Waals surface area contributed by atoms with Crippen LogP contribution in [-0.4, -0.2) is 60.5 Å². The molecule has 0 aromatic rings. The smallest absolute Gasteiger partial charge is 0.472 e. The van der Waals surface area contributed by atoms with Crippen LogP contribution in [0.25, 0.3) is 0 Å². The summed E-state index contributed by atoms with van der Waals surface area (Å²) in [4.78, 5) is 33.5. The molecule has 0 bridgehead atoms. The second-order valence-electron chi connectivity index (χ2n) is 15.2. The first-order chi connectivity index (χ1) is 25.7. The summed E-state index contributed by atoms with van der Waals surface area (Å²) in [5, 5.41) is 8.89. The zero-order chi connectivity index (χ0) is 39.1. The molecule has 0 aromatic heterocycles. The van der Waals surface area contributed by atoms with E-state index in [0.29, 0.717) is 6.61 Å². The predicted octanol–water partition coefficient (Wildman–Crippen LogP) is 12.0. The van der Waals surface area contributed by atoms with Crippen molar-refractivity contribution in [2.45, 2.75) is 231 Å². The van der Waals surface area contributed by atoms with Crippen LogP contribution in [0.4, 0.5) is 0 Å². The second kappa shape index (κ2) is 39.2. The Hall–Kier alpha value is -1.03. The lowest BCUT2D eigenvalue weighted by atomic mass is 10.0. The minimum absolute atomic E-state index is 0.0257. The van der Waals surface area contributed by atoms with Crippen LogP contribution < -0.4 is 5.73 Å². The van der Waals surface area contributed by atoms with Gasteiger partial charge in [0, 0.05) is 13.0 Å². The van der Waals surface area contributed by atoms with Crippen LogP contribution in [-0.2, 0) is 32.7 Å². The van der Waals surface area contributed by atoms with Gasteiger partial charge in [0.25, 0.3) is 0 Å². The van der Waals surface area contributed by atoms with E-state index in [-0.39, 0.29) is 13.0 Å². The van der Waals surface area contributed by atoms with Gasteiger partial charge in [0.05, 0.1) is 19.8 Å². The summed E-state index contributed by atoms with van der Waals surface area (Å²) in [5.41, 5.74) is 5.35. The van der Waals surface area contributed by atoms with Gasteiger partial charge in [-0.1, -0.05) is 200 Å².